The normalized spacial score (nSPS) is 10.4. The molecule has 146 valence electrons. The summed E-state index contributed by atoms with van der Waals surface area (Å²) in [6.07, 6.45) is 1.64. The molecule has 0 radical (unpaired) electrons. The number of hydrogen-bond donors (Lipinski definition) is 2. The van der Waals surface area contributed by atoms with Crippen molar-refractivity contribution in [1.29, 1.82) is 5.26 Å². The third kappa shape index (κ3) is 6.22. The first-order valence-electron chi connectivity index (χ1n) is 8.73. The van der Waals surface area contributed by atoms with E-state index in [1.54, 1.807) is 12.3 Å². The number of nitrogens with one attached hydrogen (secondary N) is 2. The highest BCUT2D eigenvalue weighted by molar-refractivity contribution is 9.10. The summed E-state index contributed by atoms with van der Waals surface area (Å²) >= 11 is 8.60. The van der Waals surface area contributed by atoms with E-state index in [0.717, 1.165) is 22.1 Å². The molecule has 8 heteroatoms. The molecule has 0 amide bonds. The summed E-state index contributed by atoms with van der Waals surface area (Å²) in [5, 5.41) is 16.8. The summed E-state index contributed by atoms with van der Waals surface area (Å²) in [6.45, 7) is 5.33. The zero-order chi connectivity index (χ0) is 20.4. The van der Waals surface area contributed by atoms with Crippen molar-refractivity contribution in [3.8, 4) is 17.6 Å². The quantitative estimate of drug-likeness (QED) is 0.350. The zero-order valence-electron chi connectivity index (χ0n) is 15.7. The Labute approximate surface area is 178 Å². The van der Waals surface area contributed by atoms with Gasteiger partial charge in [0, 0.05) is 12.1 Å². The van der Waals surface area contributed by atoms with Crippen LogP contribution in [-0.2, 0) is 6.61 Å². The van der Waals surface area contributed by atoms with Crippen LogP contribution in [0.4, 0.5) is 0 Å². The molecule has 0 aliphatic rings. The Bertz CT molecular complexity index is 896. The molecule has 2 rings (SSSR count). The summed E-state index contributed by atoms with van der Waals surface area (Å²) in [7, 11) is 0. The Morgan fingerprint density at radius 2 is 2.07 bits per heavy atom. The van der Waals surface area contributed by atoms with E-state index in [-0.39, 0.29) is 6.61 Å². The standard InChI is InChI=1S/C20H21BrN4O2S/c1-3-23-20(28)25-24-12-14-9-17(21)19(18(10-14)26-4-2)27-13-16-8-6-5-7-15(16)11-22/h5-10,12H,3-4,13H2,1-2H3,(H2,23,25,28)/b24-12-. The maximum Gasteiger partial charge on any atom is 0.186 e. The highest BCUT2D eigenvalue weighted by Crippen LogP contribution is 2.37. The molecule has 0 saturated carbocycles. The molecule has 28 heavy (non-hydrogen) atoms. The Balaban J connectivity index is 2.19. The lowest BCUT2D eigenvalue weighted by atomic mass is 10.1. The van der Waals surface area contributed by atoms with Crippen LogP contribution >= 0.6 is 28.1 Å². The molecule has 0 saturated heterocycles. The van der Waals surface area contributed by atoms with E-state index in [2.05, 4.69) is 37.8 Å². The third-order valence-electron chi connectivity index (χ3n) is 3.56. The van der Waals surface area contributed by atoms with Crippen LogP contribution in [-0.4, -0.2) is 24.5 Å². The summed E-state index contributed by atoms with van der Waals surface area (Å²) in [6, 6.07) is 13.2. The van der Waals surface area contributed by atoms with Crippen molar-refractivity contribution in [2.45, 2.75) is 20.5 Å². The molecule has 2 aromatic rings. The molecular formula is C20H21BrN4O2S. The lowest BCUT2D eigenvalue weighted by Gasteiger charge is -2.15. The second-order valence-corrected chi connectivity index (χ2v) is 6.81. The smallest absolute Gasteiger partial charge is 0.186 e. The van der Waals surface area contributed by atoms with Gasteiger partial charge < -0.3 is 14.8 Å². The van der Waals surface area contributed by atoms with Gasteiger partial charge in [0.25, 0.3) is 0 Å². The number of nitrogens with zero attached hydrogens (tertiary/aromatic N) is 2. The molecule has 0 unspecified atom stereocenters. The van der Waals surface area contributed by atoms with E-state index >= 15 is 0 Å². The van der Waals surface area contributed by atoms with Crippen LogP contribution < -0.4 is 20.2 Å². The van der Waals surface area contributed by atoms with Crippen molar-refractivity contribution >= 4 is 39.5 Å². The SMILES string of the molecule is CCNC(=S)N/N=C\c1cc(Br)c(OCc2ccccc2C#N)c(OCC)c1. The molecule has 0 bridgehead atoms. The molecule has 0 aromatic heterocycles. The Morgan fingerprint density at radius 3 is 2.79 bits per heavy atom. The molecule has 0 fully saturated rings. The van der Waals surface area contributed by atoms with Gasteiger partial charge in [0.1, 0.15) is 6.61 Å². The van der Waals surface area contributed by atoms with Crippen molar-refractivity contribution in [2.24, 2.45) is 5.10 Å². The molecular weight excluding hydrogens is 440 g/mol. The number of benzene rings is 2. The fraction of sp³-hybridized carbons (Fsp3) is 0.250. The average Bonchev–Trinajstić information content (AvgIpc) is 2.68. The van der Waals surface area contributed by atoms with Crippen LogP contribution in [0.5, 0.6) is 11.5 Å². The maximum absolute atomic E-state index is 9.23. The first-order chi connectivity index (χ1) is 13.6. The van der Waals surface area contributed by atoms with Gasteiger partial charge in [0.2, 0.25) is 0 Å². The van der Waals surface area contributed by atoms with Crippen molar-refractivity contribution < 1.29 is 9.47 Å². The van der Waals surface area contributed by atoms with Crippen LogP contribution in [0.3, 0.4) is 0 Å². The van der Waals surface area contributed by atoms with Gasteiger partial charge in [-0.05, 0) is 65.8 Å². The second kappa shape index (κ2) is 11.3. The molecule has 0 aliphatic heterocycles. The van der Waals surface area contributed by atoms with E-state index < -0.39 is 0 Å². The molecule has 2 aromatic carbocycles. The minimum atomic E-state index is 0.258. The highest BCUT2D eigenvalue weighted by atomic mass is 79.9. The number of hydrogen-bond acceptors (Lipinski definition) is 5. The van der Waals surface area contributed by atoms with Crippen LogP contribution in [0, 0.1) is 11.3 Å². The number of ether oxygens (including phenoxy) is 2. The molecule has 6 nitrogen and oxygen atoms in total. The van der Waals surface area contributed by atoms with Crippen molar-refractivity contribution in [3.63, 3.8) is 0 Å². The zero-order valence-corrected chi connectivity index (χ0v) is 18.1. The van der Waals surface area contributed by atoms with E-state index in [1.165, 1.54) is 0 Å². The average molecular weight is 461 g/mol. The Morgan fingerprint density at radius 1 is 1.29 bits per heavy atom. The fourth-order valence-corrected chi connectivity index (χ4v) is 3.11. The first kappa shape index (κ1) is 21.7. The Kier molecular flexibility index (Phi) is 8.72. The fourth-order valence-electron chi connectivity index (χ4n) is 2.34. The molecule has 0 aliphatic carbocycles. The number of halogens is 1. The minimum absolute atomic E-state index is 0.258. The number of nitriles is 1. The van der Waals surface area contributed by atoms with Crippen molar-refractivity contribution in [1.82, 2.24) is 10.7 Å². The summed E-state index contributed by atoms with van der Waals surface area (Å²) in [4.78, 5) is 0. The molecule has 0 atom stereocenters. The van der Waals surface area contributed by atoms with Crippen LogP contribution in [0.2, 0.25) is 0 Å². The van der Waals surface area contributed by atoms with Gasteiger partial charge >= 0.3 is 0 Å². The Hall–Kier alpha value is -2.63. The number of hydrazone groups is 1. The lowest BCUT2D eigenvalue weighted by Crippen LogP contribution is -2.31. The van der Waals surface area contributed by atoms with Gasteiger partial charge in [0.05, 0.1) is 28.9 Å². The van der Waals surface area contributed by atoms with Gasteiger partial charge in [-0.1, -0.05) is 18.2 Å². The van der Waals surface area contributed by atoms with Gasteiger partial charge in [-0.15, -0.1) is 0 Å². The second-order valence-electron chi connectivity index (χ2n) is 5.55. The first-order valence-corrected chi connectivity index (χ1v) is 9.93. The topological polar surface area (TPSA) is 78.7 Å². The van der Waals surface area contributed by atoms with E-state index in [1.807, 2.05) is 44.2 Å². The maximum atomic E-state index is 9.23. The summed E-state index contributed by atoms with van der Waals surface area (Å²) in [5.41, 5.74) is 4.96. The highest BCUT2D eigenvalue weighted by Gasteiger charge is 2.13. The van der Waals surface area contributed by atoms with E-state index in [4.69, 9.17) is 21.7 Å². The van der Waals surface area contributed by atoms with Gasteiger partial charge in [-0.2, -0.15) is 10.4 Å². The lowest BCUT2D eigenvalue weighted by molar-refractivity contribution is 0.267. The largest absolute Gasteiger partial charge is 0.490 e. The predicted molar refractivity (Wildman–Crippen MR) is 118 cm³/mol. The van der Waals surface area contributed by atoms with Crippen LogP contribution in [0.15, 0.2) is 46.0 Å². The summed E-state index contributed by atoms with van der Waals surface area (Å²) < 4.78 is 12.4. The van der Waals surface area contributed by atoms with Crippen LogP contribution in [0.25, 0.3) is 0 Å². The van der Waals surface area contributed by atoms with Crippen LogP contribution in [0.1, 0.15) is 30.5 Å². The summed E-state index contributed by atoms with van der Waals surface area (Å²) in [5.74, 6) is 1.16. The molecule has 0 heterocycles. The van der Waals surface area contributed by atoms with Crippen molar-refractivity contribution in [3.05, 3.63) is 57.6 Å². The molecule has 0 spiro atoms. The number of thiocarbonyl (C=S) groups is 1. The third-order valence-corrected chi connectivity index (χ3v) is 4.38. The van der Waals surface area contributed by atoms with E-state index in [0.29, 0.717) is 28.8 Å². The monoisotopic (exact) mass is 460 g/mol. The van der Waals surface area contributed by atoms with Crippen molar-refractivity contribution in [2.75, 3.05) is 13.2 Å². The minimum Gasteiger partial charge on any atom is -0.490 e. The van der Waals surface area contributed by atoms with Gasteiger partial charge in [-0.25, -0.2) is 0 Å². The van der Waals surface area contributed by atoms with Gasteiger partial charge in [0.15, 0.2) is 16.6 Å². The number of rotatable bonds is 8. The molecule has 2 N–H and O–H groups in total. The van der Waals surface area contributed by atoms with Gasteiger partial charge in [-0.3, -0.25) is 5.43 Å². The predicted octanol–water partition coefficient (Wildman–Crippen LogP) is 4.12. The van der Waals surface area contributed by atoms with E-state index in [9.17, 15) is 5.26 Å².